The molecule has 0 aliphatic rings. The standard InChI is InChI=1S/C22H20F2N8/c23-18-8-7-15(11-19(18)24)28-30-21-20(29-31-22(21)25)14-32(12-16-5-1-3-9-26-16)13-17-6-2-4-10-27-17/h1-11H,12-14H2,(H3,25,29,31). The van der Waals surface area contributed by atoms with E-state index in [9.17, 15) is 8.78 Å². The molecule has 0 aliphatic heterocycles. The van der Waals surface area contributed by atoms with Crippen LogP contribution in [0.4, 0.5) is 26.0 Å². The Hall–Kier alpha value is -4.05. The Morgan fingerprint density at radius 1 is 0.844 bits per heavy atom. The maximum atomic E-state index is 13.5. The van der Waals surface area contributed by atoms with Crippen LogP contribution < -0.4 is 5.73 Å². The number of halogens is 2. The minimum absolute atomic E-state index is 0.155. The first-order chi connectivity index (χ1) is 15.6. The van der Waals surface area contributed by atoms with Gasteiger partial charge in [-0.1, -0.05) is 12.1 Å². The Bertz CT molecular complexity index is 1150. The Morgan fingerprint density at radius 2 is 1.53 bits per heavy atom. The molecule has 3 N–H and O–H groups in total. The van der Waals surface area contributed by atoms with Crippen LogP contribution in [0.2, 0.25) is 0 Å². The van der Waals surface area contributed by atoms with Crippen LogP contribution in [-0.2, 0) is 19.6 Å². The number of hydrogen-bond acceptors (Lipinski definition) is 7. The van der Waals surface area contributed by atoms with E-state index >= 15 is 0 Å². The highest BCUT2D eigenvalue weighted by molar-refractivity contribution is 5.60. The highest BCUT2D eigenvalue weighted by atomic mass is 19.2. The predicted molar refractivity (Wildman–Crippen MR) is 115 cm³/mol. The second kappa shape index (κ2) is 9.84. The van der Waals surface area contributed by atoms with Crippen LogP contribution in [0.3, 0.4) is 0 Å². The number of hydrogen-bond donors (Lipinski definition) is 2. The third-order valence-electron chi connectivity index (χ3n) is 4.61. The molecule has 1 aromatic carbocycles. The SMILES string of the molecule is Nc1n[nH]c(CN(Cc2ccccn2)Cc2ccccn2)c1N=Nc1ccc(F)c(F)c1. The fourth-order valence-corrected chi connectivity index (χ4v) is 3.10. The van der Waals surface area contributed by atoms with Crippen molar-refractivity contribution in [2.45, 2.75) is 19.6 Å². The fourth-order valence-electron chi connectivity index (χ4n) is 3.10. The molecule has 0 atom stereocenters. The number of nitrogens with zero attached hydrogens (tertiary/aromatic N) is 6. The summed E-state index contributed by atoms with van der Waals surface area (Å²) in [5.74, 6) is -1.80. The van der Waals surface area contributed by atoms with Crippen molar-refractivity contribution in [3.8, 4) is 0 Å². The van der Waals surface area contributed by atoms with E-state index in [1.807, 2.05) is 36.4 Å². The molecule has 3 heterocycles. The summed E-state index contributed by atoms with van der Waals surface area (Å²) in [7, 11) is 0. The first kappa shape index (κ1) is 21.2. The molecule has 162 valence electrons. The summed E-state index contributed by atoms with van der Waals surface area (Å²) in [5, 5.41) is 15.0. The molecule has 0 bridgehead atoms. The number of anilines is 1. The monoisotopic (exact) mass is 434 g/mol. The van der Waals surface area contributed by atoms with Crippen LogP contribution in [0, 0.1) is 11.6 Å². The Morgan fingerprint density at radius 3 is 2.12 bits per heavy atom. The van der Waals surface area contributed by atoms with Crippen molar-refractivity contribution in [2.75, 3.05) is 5.73 Å². The van der Waals surface area contributed by atoms with Crippen LogP contribution in [0.15, 0.2) is 77.2 Å². The van der Waals surface area contributed by atoms with E-state index in [0.717, 1.165) is 23.5 Å². The third kappa shape index (κ3) is 5.35. The van der Waals surface area contributed by atoms with Gasteiger partial charge in [0.2, 0.25) is 0 Å². The van der Waals surface area contributed by atoms with Gasteiger partial charge in [-0.05, 0) is 36.4 Å². The van der Waals surface area contributed by atoms with Crippen molar-refractivity contribution >= 4 is 17.2 Å². The van der Waals surface area contributed by atoms with Crippen LogP contribution in [0.5, 0.6) is 0 Å². The number of nitrogen functional groups attached to an aromatic ring is 1. The zero-order valence-electron chi connectivity index (χ0n) is 17.0. The second-order valence-corrected chi connectivity index (χ2v) is 7.02. The lowest BCUT2D eigenvalue weighted by Crippen LogP contribution is -2.23. The average molecular weight is 434 g/mol. The summed E-state index contributed by atoms with van der Waals surface area (Å²) in [6.45, 7) is 1.51. The largest absolute Gasteiger partial charge is 0.380 e. The molecule has 4 rings (SSSR count). The van der Waals surface area contributed by atoms with Gasteiger partial charge in [0.05, 0.1) is 22.8 Å². The highest BCUT2D eigenvalue weighted by Gasteiger charge is 2.16. The minimum atomic E-state index is -1.00. The predicted octanol–water partition coefficient (Wildman–Crippen LogP) is 4.68. The minimum Gasteiger partial charge on any atom is -0.380 e. The molecule has 0 aliphatic carbocycles. The van der Waals surface area contributed by atoms with E-state index < -0.39 is 11.6 Å². The van der Waals surface area contributed by atoms with Gasteiger partial charge in [-0.25, -0.2) is 8.78 Å². The summed E-state index contributed by atoms with van der Waals surface area (Å²) in [6, 6.07) is 14.7. The molecular formula is C22H20F2N8. The molecule has 0 fully saturated rings. The van der Waals surface area contributed by atoms with Crippen molar-refractivity contribution in [3.05, 3.63) is 95.7 Å². The van der Waals surface area contributed by atoms with E-state index in [4.69, 9.17) is 5.73 Å². The van der Waals surface area contributed by atoms with Gasteiger partial charge in [0, 0.05) is 38.1 Å². The first-order valence-electron chi connectivity index (χ1n) is 9.80. The number of pyridine rings is 2. The van der Waals surface area contributed by atoms with Gasteiger partial charge in [-0.15, -0.1) is 5.11 Å². The number of rotatable bonds is 8. The molecule has 3 aromatic heterocycles. The van der Waals surface area contributed by atoms with E-state index in [1.54, 1.807) is 12.4 Å². The molecule has 0 unspecified atom stereocenters. The van der Waals surface area contributed by atoms with Crippen molar-refractivity contribution in [1.29, 1.82) is 0 Å². The smallest absolute Gasteiger partial charge is 0.173 e. The fraction of sp³-hybridized carbons (Fsp3) is 0.136. The number of H-pyrrole nitrogens is 1. The highest BCUT2D eigenvalue weighted by Crippen LogP contribution is 2.28. The summed E-state index contributed by atoms with van der Waals surface area (Å²) < 4.78 is 26.6. The number of aromatic nitrogens is 4. The molecule has 8 nitrogen and oxygen atoms in total. The molecule has 4 aromatic rings. The zero-order valence-corrected chi connectivity index (χ0v) is 17.0. The van der Waals surface area contributed by atoms with Gasteiger partial charge >= 0.3 is 0 Å². The number of nitrogens with one attached hydrogen (secondary N) is 1. The summed E-state index contributed by atoms with van der Waals surface area (Å²) in [5.41, 5.74) is 8.87. The molecule has 0 saturated heterocycles. The Kier molecular flexibility index (Phi) is 6.52. The lowest BCUT2D eigenvalue weighted by molar-refractivity contribution is 0.239. The van der Waals surface area contributed by atoms with Gasteiger partial charge < -0.3 is 5.73 Å². The first-order valence-corrected chi connectivity index (χ1v) is 9.80. The van der Waals surface area contributed by atoms with E-state index in [-0.39, 0.29) is 11.5 Å². The van der Waals surface area contributed by atoms with Crippen molar-refractivity contribution in [2.24, 2.45) is 10.2 Å². The summed E-state index contributed by atoms with van der Waals surface area (Å²) in [6.07, 6.45) is 3.48. The van der Waals surface area contributed by atoms with Crippen LogP contribution in [-0.4, -0.2) is 25.1 Å². The molecule has 32 heavy (non-hydrogen) atoms. The molecular weight excluding hydrogens is 414 g/mol. The molecule has 0 spiro atoms. The van der Waals surface area contributed by atoms with E-state index in [0.29, 0.717) is 31.0 Å². The summed E-state index contributed by atoms with van der Waals surface area (Å²) >= 11 is 0. The Balaban J connectivity index is 1.57. The number of azo groups is 1. The quantitative estimate of drug-likeness (QED) is 0.392. The van der Waals surface area contributed by atoms with Gasteiger partial charge in [0.15, 0.2) is 23.1 Å². The average Bonchev–Trinajstić information content (AvgIpc) is 3.15. The normalized spacial score (nSPS) is 11.5. The van der Waals surface area contributed by atoms with Crippen molar-refractivity contribution in [3.63, 3.8) is 0 Å². The summed E-state index contributed by atoms with van der Waals surface area (Å²) in [4.78, 5) is 10.9. The maximum absolute atomic E-state index is 13.5. The van der Waals surface area contributed by atoms with Gasteiger partial charge in [-0.3, -0.25) is 20.0 Å². The number of nitrogens with two attached hydrogens (primary N) is 1. The lowest BCUT2D eigenvalue weighted by atomic mass is 10.2. The van der Waals surface area contributed by atoms with Crippen molar-refractivity contribution < 1.29 is 8.78 Å². The molecule has 10 heteroatoms. The van der Waals surface area contributed by atoms with Crippen LogP contribution in [0.25, 0.3) is 0 Å². The molecule has 0 amide bonds. The van der Waals surface area contributed by atoms with Crippen LogP contribution >= 0.6 is 0 Å². The van der Waals surface area contributed by atoms with Crippen molar-refractivity contribution in [1.82, 2.24) is 25.1 Å². The zero-order chi connectivity index (χ0) is 22.3. The maximum Gasteiger partial charge on any atom is 0.173 e. The second-order valence-electron chi connectivity index (χ2n) is 7.02. The van der Waals surface area contributed by atoms with Gasteiger partial charge in [0.25, 0.3) is 0 Å². The topological polar surface area (TPSA) is 108 Å². The molecule has 0 radical (unpaired) electrons. The third-order valence-corrected chi connectivity index (χ3v) is 4.61. The van der Waals surface area contributed by atoms with E-state index in [1.165, 1.54) is 6.07 Å². The van der Waals surface area contributed by atoms with Gasteiger partial charge in [0.1, 0.15) is 0 Å². The lowest BCUT2D eigenvalue weighted by Gasteiger charge is -2.21. The van der Waals surface area contributed by atoms with Crippen LogP contribution in [0.1, 0.15) is 17.1 Å². The van der Waals surface area contributed by atoms with E-state index in [2.05, 4.69) is 35.3 Å². The Labute approximate surface area is 182 Å². The van der Waals surface area contributed by atoms with Gasteiger partial charge in [-0.2, -0.15) is 10.2 Å². The number of aromatic amines is 1. The number of benzene rings is 1. The molecule has 0 saturated carbocycles.